The van der Waals surface area contributed by atoms with Gasteiger partial charge in [-0.05, 0) is 31.0 Å². The molecule has 1 aromatic rings. The van der Waals surface area contributed by atoms with Crippen molar-refractivity contribution < 1.29 is 4.79 Å². The van der Waals surface area contributed by atoms with E-state index < -0.39 is 0 Å². The second-order valence-electron chi connectivity index (χ2n) is 5.57. The minimum Gasteiger partial charge on any atom is -0.354 e. The number of hydrogen-bond donors (Lipinski definition) is 2. The first kappa shape index (κ1) is 14.0. The predicted molar refractivity (Wildman–Crippen MR) is 82.2 cm³/mol. The molecule has 0 aliphatic carbocycles. The van der Waals surface area contributed by atoms with E-state index in [1.54, 1.807) is 0 Å². The summed E-state index contributed by atoms with van der Waals surface area (Å²) in [4.78, 5) is 14.3. The lowest BCUT2D eigenvalue weighted by Crippen LogP contribution is -2.49. The number of benzene rings is 1. The SMILES string of the molecule is NCC(c1ccccc1Br)N1CCCC2C(=O)NCC21. The van der Waals surface area contributed by atoms with Gasteiger partial charge in [0.25, 0.3) is 0 Å². The second kappa shape index (κ2) is 5.84. The number of nitrogens with two attached hydrogens (primary N) is 1. The summed E-state index contributed by atoms with van der Waals surface area (Å²) in [5, 5.41) is 3.00. The second-order valence-corrected chi connectivity index (χ2v) is 6.43. The van der Waals surface area contributed by atoms with Crippen LogP contribution in [0.2, 0.25) is 0 Å². The Morgan fingerprint density at radius 1 is 1.45 bits per heavy atom. The molecule has 3 N–H and O–H groups in total. The van der Waals surface area contributed by atoms with E-state index in [0.717, 1.165) is 30.4 Å². The summed E-state index contributed by atoms with van der Waals surface area (Å²) in [6.07, 6.45) is 2.07. The highest BCUT2D eigenvalue weighted by atomic mass is 79.9. The zero-order valence-corrected chi connectivity index (χ0v) is 13.0. The molecule has 0 spiro atoms. The highest BCUT2D eigenvalue weighted by Crippen LogP contribution is 2.35. The number of halogens is 1. The maximum absolute atomic E-state index is 11.9. The van der Waals surface area contributed by atoms with Gasteiger partial charge in [0.2, 0.25) is 5.91 Å². The van der Waals surface area contributed by atoms with E-state index in [0.29, 0.717) is 6.54 Å². The molecule has 2 heterocycles. The monoisotopic (exact) mass is 337 g/mol. The van der Waals surface area contributed by atoms with Crippen LogP contribution in [0.5, 0.6) is 0 Å². The van der Waals surface area contributed by atoms with E-state index in [2.05, 4.69) is 38.3 Å². The molecule has 0 aromatic heterocycles. The van der Waals surface area contributed by atoms with Crippen LogP contribution < -0.4 is 11.1 Å². The van der Waals surface area contributed by atoms with Crippen molar-refractivity contribution in [3.63, 3.8) is 0 Å². The van der Waals surface area contributed by atoms with Gasteiger partial charge >= 0.3 is 0 Å². The Morgan fingerprint density at radius 2 is 2.25 bits per heavy atom. The number of carbonyl (C=O) groups excluding carboxylic acids is 1. The largest absolute Gasteiger partial charge is 0.354 e. The summed E-state index contributed by atoms with van der Waals surface area (Å²) in [5.41, 5.74) is 7.27. The lowest BCUT2D eigenvalue weighted by molar-refractivity contribution is -0.124. The van der Waals surface area contributed by atoms with Gasteiger partial charge in [0.15, 0.2) is 0 Å². The molecule has 2 fully saturated rings. The quantitative estimate of drug-likeness (QED) is 0.881. The molecule has 0 bridgehead atoms. The van der Waals surface area contributed by atoms with Gasteiger partial charge < -0.3 is 11.1 Å². The fourth-order valence-corrected chi connectivity index (χ4v) is 4.11. The molecular formula is C15H20BrN3O. The first-order valence-corrected chi connectivity index (χ1v) is 7.99. The van der Waals surface area contributed by atoms with E-state index in [1.165, 1.54) is 5.56 Å². The lowest BCUT2D eigenvalue weighted by Gasteiger charge is -2.41. The van der Waals surface area contributed by atoms with Crippen molar-refractivity contribution in [2.24, 2.45) is 11.7 Å². The molecule has 5 heteroatoms. The van der Waals surface area contributed by atoms with Crippen molar-refractivity contribution in [1.29, 1.82) is 0 Å². The molecule has 0 radical (unpaired) electrons. The highest BCUT2D eigenvalue weighted by Gasteiger charge is 2.43. The zero-order valence-electron chi connectivity index (χ0n) is 11.4. The Bertz CT molecular complexity index is 508. The summed E-state index contributed by atoms with van der Waals surface area (Å²) < 4.78 is 1.09. The molecule has 0 saturated carbocycles. The zero-order chi connectivity index (χ0) is 14.1. The van der Waals surface area contributed by atoms with E-state index in [-0.39, 0.29) is 23.9 Å². The Hall–Kier alpha value is -0.910. The van der Waals surface area contributed by atoms with Crippen LogP contribution in [0.1, 0.15) is 24.4 Å². The van der Waals surface area contributed by atoms with Crippen molar-refractivity contribution in [3.8, 4) is 0 Å². The van der Waals surface area contributed by atoms with E-state index >= 15 is 0 Å². The highest BCUT2D eigenvalue weighted by molar-refractivity contribution is 9.10. The van der Waals surface area contributed by atoms with E-state index in [9.17, 15) is 4.79 Å². The molecule has 2 aliphatic heterocycles. The summed E-state index contributed by atoms with van der Waals surface area (Å²) in [7, 11) is 0. The van der Waals surface area contributed by atoms with Gasteiger partial charge in [-0.2, -0.15) is 0 Å². The third-order valence-electron chi connectivity index (χ3n) is 4.53. The molecule has 2 saturated heterocycles. The average molecular weight is 338 g/mol. The minimum atomic E-state index is 0.139. The molecule has 3 unspecified atom stereocenters. The van der Waals surface area contributed by atoms with Gasteiger partial charge in [-0.3, -0.25) is 9.69 Å². The van der Waals surface area contributed by atoms with Crippen molar-refractivity contribution >= 4 is 21.8 Å². The van der Waals surface area contributed by atoms with Crippen LogP contribution in [-0.2, 0) is 4.79 Å². The van der Waals surface area contributed by atoms with Gasteiger partial charge in [0.1, 0.15) is 0 Å². The molecular weight excluding hydrogens is 318 g/mol. The number of fused-ring (bicyclic) bond motifs is 1. The van der Waals surface area contributed by atoms with E-state index in [4.69, 9.17) is 5.73 Å². The van der Waals surface area contributed by atoms with E-state index in [1.807, 2.05) is 12.1 Å². The number of amides is 1. The maximum Gasteiger partial charge on any atom is 0.224 e. The van der Waals surface area contributed by atoms with Gasteiger partial charge in [-0.15, -0.1) is 0 Å². The van der Waals surface area contributed by atoms with Gasteiger partial charge in [-0.25, -0.2) is 0 Å². The van der Waals surface area contributed by atoms with Crippen molar-refractivity contribution in [3.05, 3.63) is 34.3 Å². The normalized spacial score (nSPS) is 28.0. The standard InChI is InChI=1S/C15H20BrN3O/c16-12-6-2-1-4-10(12)13(8-17)19-7-3-5-11-14(19)9-18-15(11)20/h1-2,4,6,11,13-14H,3,5,7-9,17H2,(H,18,20). The molecule has 1 aromatic carbocycles. The number of piperidine rings is 1. The number of nitrogens with zero attached hydrogens (tertiary/aromatic N) is 1. The molecule has 2 aliphatic rings. The van der Waals surface area contributed by atoms with Crippen LogP contribution in [0, 0.1) is 5.92 Å². The van der Waals surface area contributed by atoms with Gasteiger partial charge in [-0.1, -0.05) is 34.1 Å². The molecule has 108 valence electrons. The minimum absolute atomic E-state index is 0.139. The first-order valence-electron chi connectivity index (χ1n) is 7.20. The predicted octanol–water partition coefficient (Wildman–Crippen LogP) is 1.66. The number of hydrogen-bond acceptors (Lipinski definition) is 3. The number of rotatable bonds is 3. The van der Waals surface area contributed by atoms with Gasteiger partial charge in [0.05, 0.1) is 5.92 Å². The Labute approximate surface area is 127 Å². The van der Waals surface area contributed by atoms with Crippen LogP contribution >= 0.6 is 15.9 Å². The van der Waals surface area contributed by atoms with Gasteiger partial charge in [0, 0.05) is 29.6 Å². The first-order chi connectivity index (χ1) is 9.72. The van der Waals surface area contributed by atoms with Crippen molar-refractivity contribution in [2.75, 3.05) is 19.6 Å². The lowest BCUT2D eigenvalue weighted by atomic mass is 9.89. The Morgan fingerprint density at radius 3 is 3.00 bits per heavy atom. The van der Waals surface area contributed by atoms with Crippen LogP contribution in [0.15, 0.2) is 28.7 Å². The Kier molecular flexibility index (Phi) is 4.10. The molecule has 1 amide bonds. The summed E-state index contributed by atoms with van der Waals surface area (Å²) in [5.74, 6) is 0.350. The third kappa shape index (κ3) is 2.38. The fraction of sp³-hybridized carbons (Fsp3) is 0.533. The average Bonchev–Trinajstić information content (AvgIpc) is 2.84. The van der Waals surface area contributed by atoms with Crippen LogP contribution in [0.4, 0.5) is 0 Å². The van der Waals surface area contributed by atoms with Crippen LogP contribution in [0.3, 0.4) is 0 Å². The molecule has 3 atom stereocenters. The molecule has 3 rings (SSSR count). The molecule has 4 nitrogen and oxygen atoms in total. The van der Waals surface area contributed by atoms with Crippen LogP contribution in [0.25, 0.3) is 0 Å². The number of likely N-dealkylation sites (tertiary alicyclic amines) is 1. The summed E-state index contributed by atoms with van der Waals surface area (Å²) >= 11 is 3.62. The topological polar surface area (TPSA) is 58.4 Å². The number of nitrogens with one attached hydrogen (secondary N) is 1. The Balaban J connectivity index is 1.89. The summed E-state index contributed by atoms with van der Waals surface area (Å²) in [6.45, 7) is 2.34. The third-order valence-corrected chi connectivity index (χ3v) is 5.25. The fourth-order valence-electron chi connectivity index (χ4n) is 3.56. The molecule has 20 heavy (non-hydrogen) atoms. The summed E-state index contributed by atoms with van der Waals surface area (Å²) in [6, 6.07) is 8.69. The smallest absolute Gasteiger partial charge is 0.224 e. The van der Waals surface area contributed by atoms with Crippen molar-refractivity contribution in [1.82, 2.24) is 10.2 Å². The van der Waals surface area contributed by atoms with Crippen LogP contribution in [-0.4, -0.2) is 36.5 Å². The number of carbonyl (C=O) groups is 1. The maximum atomic E-state index is 11.9. The van der Waals surface area contributed by atoms with Crippen molar-refractivity contribution in [2.45, 2.75) is 24.9 Å².